The molecule has 3 N–H and O–H groups in total. The Morgan fingerprint density at radius 1 is 1.40 bits per heavy atom. The summed E-state index contributed by atoms with van der Waals surface area (Å²) in [5.41, 5.74) is 5.13. The number of carbonyl (C=O) groups excluding carboxylic acids is 2. The fourth-order valence-corrected chi connectivity index (χ4v) is 1.84. The van der Waals surface area contributed by atoms with Gasteiger partial charge in [-0.2, -0.15) is 0 Å². The van der Waals surface area contributed by atoms with Gasteiger partial charge >= 0.3 is 5.97 Å². The Labute approximate surface area is 87.0 Å². The number of nitrogens with zero attached hydrogens (tertiary/aromatic N) is 1. The first kappa shape index (κ1) is 11.5. The number of hydrogen-bond donors (Lipinski definition) is 2. The Kier molecular flexibility index (Phi) is 3.28. The van der Waals surface area contributed by atoms with Crippen molar-refractivity contribution in [2.24, 2.45) is 11.7 Å². The van der Waals surface area contributed by atoms with E-state index in [0.29, 0.717) is 6.42 Å². The Bertz CT molecular complexity index is 302. The molecule has 1 aliphatic heterocycles. The van der Waals surface area contributed by atoms with E-state index in [2.05, 4.69) is 0 Å². The van der Waals surface area contributed by atoms with Gasteiger partial charge in [-0.15, -0.1) is 0 Å². The van der Waals surface area contributed by atoms with Crippen molar-refractivity contribution in [1.29, 1.82) is 0 Å². The van der Waals surface area contributed by atoms with E-state index in [1.165, 1.54) is 11.8 Å². The van der Waals surface area contributed by atoms with Crippen molar-refractivity contribution in [2.45, 2.75) is 25.8 Å². The second-order valence-electron chi connectivity index (χ2n) is 3.69. The van der Waals surface area contributed by atoms with Crippen molar-refractivity contribution in [1.82, 2.24) is 4.90 Å². The van der Waals surface area contributed by atoms with Gasteiger partial charge in [-0.05, 0) is 12.8 Å². The van der Waals surface area contributed by atoms with E-state index < -0.39 is 23.8 Å². The normalized spacial score (nSPS) is 26.1. The number of piperidine rings is 1. The van der Waals surface area contributed by atoms with Crippen molar-refractivity contribution in [3.05, 3.63) is 0 Å². The standard InChI is InChI=1S/C9H14N2O4/c1-5(12)11-3-2-6(9(14)15)4-7(11)8(10)13/h6-7H,2-4H2,1H3,(H2,10,13)(H,14,15)/t6-,7+/m0/s1. The number of hydrogen-bond acceptors (Lipinski definition) is 3. The van der Waals surface area contributed by atoms with Crippen LogP contribution < -0.4 is 5.73 Å². The third-order valence-corrected chi connectivity index (χ3v) is 2.68. The number of amides is 2. The fourth-order valence-electron chi connectivity index (χ4n) is 1.84. The van der Waals surface area contributed by atoms with E-state index in [1.807, 2.05) is 0 Å². The second kappa shape index (κ2) is 4.29. The van der Waals surface area contributed by atoms with Crippen LogP contribution in [0.2, 0.25) is 0 Å². The highest BCUT2D eigenvalue weighted by atomic mass is 16.4. The van der Waals surface area contributed by atoms with Crippen LogP contribution in [0.1, 0.15) is 19.8 Å². The van der Waals surface area contributed by atoms with E-state index in [9.17, 15) is 14.4 Å². The topological polar surface area (TPSA) is 101 Å². The van der Waals surface area contributed by atoms with E-state index in [-0.39, 0.29) is 18.9 Å². The van der Waals surface area contributed by atoms with E-state index in [1.54, 1.807) is 0 Å². The first-order chi connectivity index (χ1) is 6.93. The first-order valence-electron chi connectivity index (χ1n) is 4.72. The maximum Gasteiger partial charge on any atom is 0.306 e. The lowest BCUT2D eigenvalue weighted by Crippen LogP contribution is -2.52. The van der Waals surface area contributed by atoms with Crippen molar-refractivity contribution >= 4 is 17.8 Å². The lowest BCUT2D eigenvalue weighted by molar-refractivity contribution is -0.149. The molecule has 1 heterocycles. The number of carbonyl (C=O) groups is 3. The number of carboxylic acid groups (broad SMARTS) is 1. The second-order valence-corrected chi connectivity index (χ2v) is 3.69. The Balaban J connectivity index is 2.78. The molecule has 0 radical (unpaired) electrons. The van der Waals surface area contributed by atoms with Crippen LogP contribution in [0.15, 0.2) is 0 Å². The molecule has 0 saturated carbocycles. The fraction of sp³-hybridized carbons (Fsp3) is 0.667. The van der Waals surface area contributed by atoms with Gasteiger partial charge < -0.3 is 15.7 Å². The summed E-state index contributed by atoms with van der Waals surface area (Å²) in [6.45, 7) is 1.62. The summed E-state index contributed by atoms with van der Waals surface area (Å²) in [4.78, 5) is 34.3. The van der Waals surface area contributed by atoms with Crippen LogP contribution in [0.5, 0.6) is 0 Å². The molecule has 1 rings (SSSR count). The van der Waals surface area contributed by atoms with Gasteiger partial charge in [0.05, 0.1) is 5.92 Å². The molecule has 0 aliphatic carbocycles. The minimum absolute atomic E-state index is 0.115. The maximum absolute atomic E-state index is 11.2. The average molecular weight is 214 g/mol. The SMILES string of the molecule is CC(=O)N1CC[C@H](C(=O)O)C[C@@H]1C(N)=O. The number of aliphatic carboxylic acids is 1. The molecule has 84 valence electrons. The molecule has 1 aliphatic rings. The number of rotatable bonds is 2. The van der Waals surface area contributed by atoms with Gasteiger partial charge in [0, 0.05) is 13.5 Å². The molecule has 0 aromatic rings. The van der Waals surface area contributed by atoms with E-state index in [0.717, 1.165) is 0 Å². The lowest BCUT2D eigenvalue weighted by atomic mass is 9.90. The molecule has 15 heavy (non-hydrogen) atoms. The largest absolute Gasteiger partial charge is 0.481 e. The van der Waals surface area contributed by atoms with Gasteiger partial charge in [0.2, 0.25) is 11.8 Å². The van der Waals surface area contributed by atoms with Crippen LogP contribution in [0.25, 0.3) is 0 Å². The highest BCUT2D eigenvalue weighted by Crippen LogP contribution is 2.23. The van der Waals surface area contributed by atoms with Crippen LogP contribution in [-0.2, 0) is 14.4 Å². The third kappa shape index (κ3) is 2.45. The summed E-state index contributed by atoms with van der Waals surface area (Å²) in [5.74, 6) is -2.42. The molecule has 0 bridgehead atoms. The van der Waals surface area contributed by atoms with Gasteiger partial charge in [-0.25, -0.2) is 0 Å². The van der Waals surface area contributed by atoms with Crippen molar-refractivity contribution in [2.75, 3.05) is 6.54 Å². The Hall–Kier alpha value is -1.59. The third-order valence-electron chi connectivity index (χ3n) is 2.68. The summed E-state index contributed by atoms with van der Waals surface area (Å²) in [6, 6.07) is -0.780. The van der Waals surface area contributed by atoms with Gasteiger partial charge in [-0.1, -0.05) is 0 Å². The number of likely N-dealkylation sites (tertiary alicyclic amines) is 1. The van der Waals surface area contributed by atoms with Crippen LogP contribution >= 0.6 is 0 Å². The van der Waals surface area contributed by atoms with Gasteiger partial charge in [0.1, 0.15) is 6.04 Å². The number of nitrogens with two attached hydrogens (primary N) is 1. The summed E-state index contributed by atoms with van der Waals surface area (Å²) >= 11 is 0. The molecule has 1 fully saturated rings. The molecule has 0 aromatic carbocycles. The van der Waals surface area contributed by atoms with Crippen LogP contribution in [0.3, 0.4) is 0 Å². The first-order valence-corrected chi connectivity index (χ1v) is 4.72. The van der Waals surface area contributed by atoms with E-state index in [4.69, 9.17) is 10.8 Å². The minimum atomic E-state index is -0.940. The molecule has 0 aromatic heterocycles. The maximum atomic E-state index is 11.2. The number of primary amides is 1. The monoisotopic (exact) mass is 214 g/mol. The molecule has 6 heteroatoms. The summed E-state index contributed by atoms with van der Waals surface area (Å²) in [7, 11) is 0. The van der Waals surface area contributed by atoms with Gasteiger partial charge in [0.25, 0.3) is 0 Å². The van der Waals surface area contributed by atoms with Crippen LogP contribution in [0.4, 0.5) is 0 Å². The lowest BCUT2D eigenvalue weighted by Gasteiger charge is -2.35. The molecule has 0 spiro atoms. The van der Waals surface area contributed by atoms with Crippen LogP contribution in [-0.4, -0.2) is 40.4 Å². The zero-order valence-electron chi connectivity index (χ0n) is 8.47. The summed E-state index contributed by atoms with van der Waals surface area (Å²) in [5, 5.41) is 8.81. The molecule has 2 amide bonds. The highest BCUT2D eigenvalue weighted by Gasteiger charge is 2.36. The molecular formula is C9H14N2O4. The minimum Gasteiger partial charge on any atom is -0.481 e. The molecule has 1 saturated heterocycles. The molecule has 2 atom stereocenters. The average Bonchev–Trinajstić information content (AvgIpc) is 2.16. The zero-order valence-corrected chi connectivity index (χ0v) is 8.47. The van der Waals surface area contributed by atoms with Crippen molar-refractivity contribution in [3.8, 4) is 0 Å². The van der Waals surface area contributed by atoms with Crippen LogP contribution in [0, 0.1) is 5.92 Å². The van der Waals surface area contributed by atoms with Crippen molar-refractivity contribution < 1.29 is 19.5 Å². The quantitative estimate of drug-likeness (QED) is 0.627. The molecule has 0 unspecified atom stereocenters. The Morgan fingerprint density at radius 2 is 2.00 bits per heavy atom. The molecular weight excluding hydrogens is 200 g/mol. The molecule has 6 nitrogen and oxygen atoms in total. The van der Waals surface area contributed by atoms with Crippen molar-refractivity contribution in [3.63, 3.8) is 0 Å². The van der Waals surface area contributed by atoms with Gasteiger partial charge in [-0.3, -0.25) is 14.4 Å². The predicted octanol–water partition coefficient (Wildman–Crippen LogP) is -0.817. The predicted molar refractivity (Wildman–Crippen MR) is 50.7 cm³/mol. The van der Waals surface area contributed by atoms with Gasteiger partial charge in [0.15, 0.2) is 0 Å². The summed E-state index contributed by atoms with van der Waals surface area (Å²) in [6.07, 6.45) is 0.489. The Morgan fingerprint density at radius 3 is 2.40 bits per heavy atom. The number of carboxylic acids is 1. The highest BCUT2D eigenvalue weighted by molar-refractivity contribution is 5.86. The smallest absolute Gasteiger partial charge is 0.306 e. The summed E-state index contributed by atoms with van der Waals surface area (Å²) < 4.78 is 0. The zero-order chi connectivity index (χ0) is 11.6. The van der Waals surface area contributed by atoms with E-state index >= 15 is 0 Å².